The molecule has 7 nitrogen and oxygen atoms in total. The van der Waals surface area contributed by atoms with Crippen LogP contribution in [0.2, 0.25) is 5.02 Å². The van der Waals surface area contributed by atoms with Crippen molar-refractivity contribution in [3.05, 3.63) is 32.7 Å². The smallest absolute Gasteiger partial charge is 0.358 e. The highest BCUT2D eigenvalue weighted by Crippen LogP contribution is 2.30. The number of aromatic nitrogens is 3. The normalized spacial score (nSPS) is 17.9. The van der Waals surface area contributed by atoms with Crippen LogP contribution in [0, 0.1) is 6.92 Å². The molecule has 1 amide bonds. The molecule has 3 heterocycles. The molecule has 1 saturated heterocycles. The van der Waals surface area contributed by atoms with Gasteiger partial charge in [-0.05, 0) is 19.4 Å². The van der Waals surface area contributed by atoms with E-state index >= 15 is 0 Å². The van der Waals surface area contributed by atoms with Crippen molar-refractivity contribution in [1.82, 2.24) is 19.9 Å². The summed E-state index contributed by atoms with van der Waals surface area (Å²) < 4.78 is 1.51. The lowest BCUT2D eigenvalue weighted by molar-refractivity contribution is 0.0689. The number of hydrogen-bond acceptors (Lipinski definition) is 5. The van der Waals surface area contributed by atoms with Gasteiger partial charge in [0.15, 0.2) is 5.69 Å². The van der Waals surface area contributed by atoms with Crippen LogP contribution in [0.4, 0.5) is 0 Å². The molecule has 0 bridgehead atoms. The van der Waals surface area contributed by atoms with Crippen LogP contribution in [0.1, 0.15) is 37.5 Å². The van der Waals surface area contributed by atoms with Gasteiger partial charge in [-0.1, -0.05) is 16.8 Å². The van der Waals surface area contributed by atoms with E-state index in [9.17, 15) is 9.59 Å². The maximum atomic E-state index is 12.5. The zero-order valence-corrected chi connectivity index (χ0v) is 13.3. The van der Waals surface area contributed by atoms with E-state index < -0.39 is 5.97 Å². The minimum absolute atomic E-state index is 0.0654. The summed E-state index contributed by atoms with van der Waals surface area (Å²) in [4.78, 5) is 26.6. The predicted octanol–water partition coefficient (Wildman–Crippen LogP) is 2.09. The molecule has 1 unspecified atom stereocenters. The first kappa shape index (κ1) is 15.0. The van der Waals surface area contributed by atoms with Crippen molar-refractivity contribution in [2.75, 3.05) is 13.1 Å². The molecule has 1 N–H and O–H groups in total. The van der Waals surface area contributed by atoms with Crippen LogP contribution in [0.25, 0.3) is 0 Å². The Labute approximate surface area is 135 Å². The van der Waals surface area contributed by atoms with Gasteiger partial charge in [0.05, 0.1) is 17.3 Å². The molecule has 9 heteroatoms. The molecule has 0 aliphatic carbocycles. The largest absolute Gasteiger partial charge is 0.476 e. The molecule has 1 fully saturated rings. The zero-order chi connectivity index (χ0) is 15.9. The molecule has 0 saturated carbocycles. The van der Waals surface area contributed by atoms with E-state index in [1.54, 1.807) is 11.0 Å². The molecule has 1 aliphatic heterocycles. The van der Waals surface area contributed by atoms with Gasteiger partial charge in [-0.25, -0.2) is 9.48 Å². The number of nitrogens with zero attached hydrogens (tertiary/aromatic N) is 4. The van der Waals surface area contributed by atoms with Gasteiger partial charge in [-0.2, -0.15) is 0 Å². The van der Waals surface area contributed by atoms with Crippen LogP contribution < -0.4 is 0 Å². The van der Waals surface area contributed by atoms with E-state index in [1.807, 2.05) is 6.92 Å². The number of aryl methyl sites for hydroxylation is 1. The molecule has 0 radical (unpaired) electrons. The van der Waals surface area contributed by atoms with Gasteiger partial charge in [0, 0.05) is 18.0 Å². The molecule has 22 heavy (non-hydrogen) atoms. The Hall–Kier alpha value is -1.93. The number of thiophene rings is 1. The number of likely N-dealkylation sites (tertiary alicyclic amines) is 1. The van der Waals surface area contributed by atoms with E-state index in [-0.39, 0.29) is 17.6 Å². The van der Waals surface area contributed by atoms with Crippen LogP contribution in [0.3, 0.4) is 0 Å². The fourth-order valence-electron chi connectivity index (χ4n) is 2.47. The fourth-order valence-corrected chi connectivity index (χ4v) is 3.76. The quantitative estimate of drug-likeness (QED) is 0.924. The van der Waals surface area contributed by atoms with Gasteiger partial charge in [-0.15, -0.1) is 16.4 Å². The number of amides is 1. The number of carbonyl (C=O) groups is 2. The van der Waals surface area contributed by atoms with E-state index in [0.717, 1.165) is 4.88 Å². The number of carbonyl (C=O) groups excluding carboxylic acids is 1. The summed E-state index contributed by atoms with van der Waals surface area (Å²) in [6.45, 7) is 2.95. The molecule has 116 valence electrons. The molecular weight excluding hydrogens is 328 g/mol. The number of rotatable bonds is 3. The summed E-state index contributed by atoms with van der Waals surface area (Å²) in [6.07, 6.45) is 2.10. The Morgan fingerprint density at radius 3 is 2.86 bits per heavy atom. The van der Waals surface area contributed by atoms with Crippen LogP contribution >= 0.6 is 22.9 Å². The fraction of sp³-hybridized carbons (Fsp3) is 0.385. The molecule has 2 aromatic rings. The molecule has 0 aromatic carbocycles. The number of carboxylic acids is 1. The number of halogens is 1. The minimum Gasteiger partial charge on any atom is -0.476 e. The first-order valence-electron chi connectivity index (χ1n) is 6.66. The lowest BCUT2D eigenvalue weighted by atomic mass is 10.3. The van der Waals surface area contributed by atoms with Crippen LogP contribution in [-0.4, -0.2) is 50.0 Å². The van der Waals surface area contributed by atoms with Crippen LogP contribution in [0.5, 0.6) is 0 Å². The predicted molar refractivity (Wildman–Crippen MR) is 80.6 cm³/mol. The summed E-state index contributed by atoms with van der Waals surface area (Å²) in [6, 6.07) is 1.72. The summed E-state index contributed by atoms with van der Waals surface area (Å²) in [5.41, 5.74) is -0.0956. The van der Waals surface area contributed by atoms with Crippen molar-refractivity contribution in [1.29, 1.82) is 0 Å². The molecule has 0 spiro atoms. The van der Waals surface area contributed by atoms with Crippen molar-refractivity contribution >= 4 is 34.8 Å². The third-order valence-corrected chi connectivity index (χ3v) is 5.01. The second-order valence-electron chi connectivity index (χ2n) is 5.12. The van der Waals surface area contributed by atoms with Crippen LogP contribution in [-0.2, 0) is 0 Å². The van der Waals surface area contributed by atoms with E-state index in [4.69, 9.17) is 16.7 Å². The summed E-state index contributed by atoms with van der Waals surface area (Å²) in [7, 11) is 0. The number of hydrogen-bond donors (Lipinski definition) is 1. The third kappa shape index (κ3) is 2.71. The second-order valence-corrected chi connectivity index (χ2v) is 6.78. The average molecular weight is 341 g/mol. The standard InChI is InChI=1S/C13H13ClN4O3S/c1-7-4-9(14)11(22-7)12(19)17-3-2-8(5-17)18-6-10(13(20)21)15-16-18/h4,6,8H,2-3,5H2,1H3,(H,20,21). The molecule has 3 rings (SSSR count). The van der Waals surface area contributed by atoms with Gasteiger partial charge in [0.25, 0.3) is 5.91 Å². The van der Waals surface area contributed by atoms with Gasteiger partial charge >= 0.3 is 5.97 Å². The Kier molecular flexibility index (Phi) is 3.88. The summed E-state index contributed by atoms with van der Waals surface area (Å²) in [5.74, 6) is -1.21. The van der Waals surface area contributed by atoms with Crippen molar-refractivity contribution in [3.63, 3.8) is 0 Å². The Morgan fingerprint density at radius 2 is 2.27 bits per heavy atom. The second kappa shape index (κ2) is 5.69. The lowest BCUT2D eigenvalue weighted by Crippen LogP contribution is -2.28. The molecular formula is C13H13ClN4O3S. The van der Waals surface area contributed by atoms with E-state index in [1.165, 1.54) is 22.2 Å². The van der Waals surface area contributed by atoms with Crippen molar-refractivity contribution in [2.45, 2.75) is 19.4 Å². The molecule has 1 aliphatic rings. The monoisotopic (exact) mass is 340 g/mol. The van der Waals surface area contributed by atoms with Crippen molar-refractivity contribution in [3.8, 4) is 0 Å². The zero-order valence-electron chi connectivity index (χ0n) is 11.7. The Morgan fingerprint density at radius 1 is 1.50 bits per heavy atom. The number of carboxylic acid groups (broad SMARTS) is 1. The highest BCUT2D eigenvalue weighted by molar-refractivity contribution is 7.14. The SMILES string of the molecule is Cc1cc(Cl)c(C(=O)N2CCC(n3cc(C(=O)O)nn3)C2)s1. The van der Waals surface area contributed by atoms with Gasteiger partial charge in [0.1, 0.15) is 4.88 Å². The minimum atomic E-state index is -1.11. The Balaban J connectivity index is 1.72. The summed E-state index contributed by atoms with van der Waals surface area (Å²) in [5, 5.41) is 16.8. The highest BCUT2D eigenvalue weighted by Gasteiger charge is 2.30. The lowest BCUT2D eigenvalue weighted by Gasteiger charge is -2.15. The van der Waals surface area contributed by atoms with E-state index in [2.05, 4.69) is 10.3 Å². The topological polar surface area (TPSA) is 88.3 Å². The average Bonchev–Trinajstić information content (AvgIpc) is 3.15. The van der Waals surface area contributed by atoms with Gasteiger partial charge in [0.2, 0.25) is 0 Å². The maximum Gasteiger partial charge on any atom is 0.358 e. The first-order valence-corrected chi connectivity index (χ1v) is 7.85. The number of aromatic carboxylic acids is 1. The van der Waals surface area contributed by atoms with Gasteiger partial charge in [-0.3, -0.25) is 4.79 Å². The summed E-state index contributed by atoms with van der Waals surface area (Å²) >= 11 is 7.46. The molecule has 2 aromatic heterocycles. The van der Waals surface area contributed by atoms with Crippen LogP contribution in [0.15, 0.2) is 12.3 Å². The van der Waals surface area contributed by atoms with Crippen molar-refractivity contribution in [2.24, 2.45) is 0 Å². The third-order valence-electron chi connectivity index (χ3n) is 3.56. The first-order chi connectivity index (χ1) is 10.5. The van der Waals surface area contributed by atoms with E-state index in [0.29, 0.717) is 29.4 Å². The maximum absolute atomic E-state index is 12.5. The Bertz CT molecular complexity index is 741. The highest BCUT2D eigenvalue weighted by atomic mass is 35.5. The van der Waals surface area contributed by atoms with Gasteiger partial charge < -0.3 is 10.0 Å². The molecule has 1 atom stereocenters. The van der Waals surface area contributed by atoms with Crippen molar-refractivity contribution < 1.29 is 14.7 Å².